The lowest BCUT2D eigenvalue weighted by Gasteiger charge is -2.38. The molecule has 6 nitrogen and oxygen atoms in total. The first-order valence-corrected chi connectivity index (χ1v) is 8.78. The van der Waals surface area contributed by atoms with Crippen molar-refractivity contribution >= 4 is 29.2 Å². The zero-order chi connectivity index (χ0) is 16.8. The Morgan fingerprint density at radius 3 is 3.00 bits per heavy atom. The van der Waals surface area contributed by atoms with Crippen LogP contribution < -0.4 is 10.6 Å². The van der Waals surface area contributed by atoms with Crippen molar-refractivity contribution in [3.63, 3.8) is 0 Å². The first-order valence-electron chi connectivity index (χ1n) is 7.90. The molecule has 0 spiro atoms. The highest BCUT2D eigenvalue weighted by molar-refractivity contribution is 7.09. The van der Waals surface area contributed by atoms with Crippen LogP contribution in [0.25, 0.3) is 6.08 Å². The fraction of sp³-hybridized carbons (Fsp3) is 0.353. The minimum absolute atomic E-state index is 0.0732. The van der Waals surface area contributed by atoms with Crippen LogP contribution in [0.15, 0.2) is 36.0 Å². The van der Waals surface area contributed by atoms with Crippen molar-refractivity contribution in [2.45, 2.75) is 24.8 Å². The van der Waals surface area contributed by atoms with Crippen molar-refractivity contribution in [3.05, 3.63) is 46.6 Å². The predicted octanol–water partition coefficient (Wildman–Crippen LogP) is 2.41. The summed E-state index contributed by atoms with van der Waals surface area (Å²) >= 11 is 1.77. The second kappa shape index (κ2) is 7.55. The second-order valence-electron chi connectivity index (χ2n) is 5.94. The summed E-state index contributed by atoms with van der Waals surface area (Å²) in [5.41, 5.74) is 0.452. The molecule has 0 aliphatic carbocycles. The van der Waals surface area contributed by atoms with Crippen LogP contribution in [0.2, 0.25) is 0 Å². The molecule has 1 saturated heterocycles. The number of aliphatic carboxylic acids is 1. The number of piperidine rings is 1. The van der Waals surface area contributed by atoms with Gasteiger partial charge in [0.25, 0.3) is 0 Å². The maximum atomic E-state index is 10.5. The number of hydrogen-bond donors (Lipinski definition) is 3. The van der Waals surface area contributed by atoms with Crippen LogP contribution in [0.3, 0.4) is 0 Å². The smallest absolute Gasteiger partial charge is 0.328 e. The summed E-state index contributed by atoms with van der Waals surface area (Å²) in [6.45, 7) is 1.92. The van der Waals surface area contributed by atoms with Crippen LogP contribution >= 0.6 is 11.3 Å². The van der Waals surface area contributed by atoms with Crippen molar-refractivity contribution < 1.29 is 9.90 Å². The maximum Gasteiger partial charge on any atom is 0.328 e. The van der Waals surface area contributed by atoms with Gasteiger partial charge in [0.15, 0.2) is 0 Å². The molecular formula is C17H20N4O2S. The Bertz CT molecular complexity index is 692. The van der Waals surface area contributed by atoms with E-state index in [2.05, 4.69) is 38.1 Å². The number of thiophene rings is 1. The van der Waals surface area contributed by atoms with Crippen LogP contribution in [0.1, 0.15) is 23.4 Å². The summed E-state index contributed by atoms with van der Waals surface area (Å²) in [6.07, 6.45) is 8.86. The van der Waals surface area contributed by atoms with Gasteiger partial charge in [0.2, 0.25) is 0 Å². The van der Waals surface area contributed by atoms with Crippen molar-refractivity contribution in [1.82, 2.24) is 15.3 Å². The van der Waals surface area contributed by atoms with E-state index < -0.39 is 5.97 Å². The van der Waals surface area contributed by atoms with E-state index in [1.54, 1.807) is 23.7 Å². The molecule has 2 aromatic rings. The second-order valence-corrected chi connectivity index (χ2v) is 6.97. The number of aromatic nitrogens is 2. The van der Waals surface area contributed by atoms with Crippen LogP contribution in [0.4, 0.5) is 5.82 Å². The van der Waals surface area contributed by atoms with Crippen LogP contribution in [0.5, 0.6) is 0 Å². The molecule has 24 heavy (non-hydrogen) atoms. The Hall–Kier alpha value is -2.25. The number of nitrogens with one attached hydrogen (secondary N) is 2. The normalized spacial score (nSPS) is 21.0. The quantitative estimate of drug-likeness (QED) is 0.698. The van der Waals surface area contributed by atoms with E-state index >= 15 is 0 Å². The molecule has 0 radical (unpaired) electrons. The van der Waals surface area contributed by atoms with Gasteiger partial charge in [-0.3, -0.25) is 4.98 Å². The maximum absolute atomic E-state index is 10.5. The van der Waals surface area contributed by atoms with Crippen LogP contribution in [-0.2, 0) is 11.2 Å². The number of rotatable bonds is 6. The number of nitrogens with zero attached hydrogens (tertiary/aromatic N) is 2. The number of carboxylic acid groups (broad SMARTS) is 1. The van der Waals surface area contributed by atoms with Gasteiger partial charge in [-0.2, -0.15) is 0 Å². The fourth-order valence-electron chi connectivity index (χ4n) is 2.93. The predicted molar refractivity (Wildman–Crippen MR) is 95.2 cm³/mol. The number of carboxylic acids is 1. The monoisotopic (exact) mass is 344 g/mol. The van der Waals surface area contributed by atoms with Gasteiger partial charge in [0.05, 0.1) is 23.6 Å². The zero-order valence-corrected chi connectivity index (χ0v) is 14.1. The van der Waals surface area contributed by atoms with Gasteiger partial charge in [0, 0.05) is 23.9 Å². The molecule has 0 bridgehead atoms. The SMILES string of the molecule is O=C(O)/C=C/c1cnc(N[C@@]2(Cc3cccs3)CCCNC2)cn1. The average molecular weight is 344 g/mol. The van der Waals surface area contributed by atoms with E-state index in [0.717, 1.165) is 38.4 Å². The van der Waals surface area contributed by atoms with Crippen molar-refractivity contribution in [2.24, 2.45) is 0 Å². The lowest BCUT2D eigenvalue weighted by atomic mass is 9.86. The Balaban J connectivity index is 1.73. The third-order valence-corrected chi connectivity index (χ3v) is 4.90. The summed E-state index contributed by atoms with van der Waals surface area (Å²) in [6, 6.07) is 4.24. The van der Waals surface area contributed by atoms with Gasteiger partial charge in [-0.15, -0.1) is 11.3 Å². The number of carbonyl (C=O) groups is 1. The van der Waals surface area contributed by atoms with E-state index in [-0.39, 0.29) is 5.54 Å². The average Bonchev–Trinajstić information content (AvgIpc) is 3.07. The third-order valence-electron chi connectivity index (χ3n) is 4.03. The molecule has 3 N–H and O–H groups in total. The fourth-order valence-corrected chi connectivity index (χ4v) is 3.78. The molecule has 0 amide bonds. The van der Waals surface area contributed by atoms with Crippen LogP contribution in [0, 0.1) is 0 Å². The van der Waals surface area contributed by atoms with Gasteiger partial charge in [-0.25, -0.2) is 9.78 Å². The van der Waals surface area contributed by atoms with E-state index in [4.69, 9.17) is 5.11 Å². The highest BCUT2D eigenvalue weighted by Crippen LogP contribution is 2.27. The summed E-state index contributed by atoms with van der Waals surface area (Å²) in [5, 5.41) is 17.8. The molecule has 7 heteroatoms. The summed E-state index contributed by atoms with van der Waals surface area (Å²) < 4.78 is 0. The van der Waals surface area contributed by atoms with E-state index in [1.807, 2.05) is 0 Å². The molecule has 0 saturated carbocycles. The van der Waals surface area contributed by atoms with Crippen molar-refractivity contribution in [1.29, 1.82) is 0 Å². The zero-order valence-electron chi connectivity index (χ0n) is 13.2. The van der Waals surface area contributed by atoms with E-state index in [9.17, 15) is 4.79 Å². The van der Waals surface area contributed by atoms with Crippen LogP contribution in [-0.4, -0.2) is 39.7 Å². The van der Waals surface area contributed by atoms with Crippen molar-refractivity contribution in [2.75, 3.05) is 18.4 Å². The largest absolute Gasteiger partial charge is 0.478 e. The molecule has 126 valence electrons. The highest BCUT2D eigenvalue weighted by Gasteiger charge is 2.32. The van der Waals surface area contributed by atoms with E-state index in [0.29, 0.717) is 11.5 Å². The molecule has 1 aliphatic rings. The van der Waals surface area contributed by atoms with Gasteiger partial charge in [-0.1, -0.05) is 6.07 Å². The Morgan fingerprint density at radius 2 is 2.38 bits per heavy atom. The molecule has 0 aromatic carbocycles. The van der Waals surface area contributed by atoms with Gasteiger partial charge in [-0.05, 0) is 36.9 Å². The van der Waals surface area contributed by atoms with Crippen molar-refractivity contribution in [3.8, 4) is 0 Å². The standard InChI is InChI=1S/C17H20N4O2S/c22-16(23)5-4-13-10-20-15(11-19-13)21-17(6-2-7-18-12-17)9-14-3-1-8-24-14/h1,3-5,8,10-11,18H,2,6-7,9,12H2,(H,20,21)(H,22,23)/b5-4+/t17-/m1/s1. The first kappa shape index (κ1) is 16.6. The molecule has 1 aliphatic heterocycles. The van der Waals surface area contributed by atoms with E-state index in [1.165, 1.54) is 11.0 Å². The summed E-state index contributed by atoms with van der Waals surface area (Å²) in [5.74, 6) is -0.287. The Labute approximate surface area is 144 Å². The lowest BCUT2D eigenvalue weighted by molar-refractivity contribution is -0.131. The lowest BCUT2D eigenvalue weighted by Crippen LogP contribution is -2.53. The molecule has 0 unspecified atom stereocenters. The van der Waals surface area contributed by atoms with Gasteiger partial charge >= 0.3 is 5.97 Å². The third kappa shape index (κ3) is 4.39. The molecule has 2 aromatic heterocycles. The molecule has 3 heterocycles. The highest BCUT2D eigenvalue weighted by atomic mass is 32.1. The number of hydrogen-bond acceptors (Lipinski definition) is 6. The summed E-state index contributed by atoms with van der Waals surface area (Å²) in [7, 11) is 0. The molecular weight excluding hydrogens is 324 g/mol. The van der Waals surface area contributed by atoms with Gasteiger partial charge < -0.3 is 15.7 Å². The topological polar surface area (TPSA) is 87.1 Å². The first-order chi connectivity index (χ1) is 11.7. The van der Waals surface area contributed by atoms with Gasteiger partial charge in [0.1, 0.15) is 5.82 Å². The molecule has 1 atom stereocenters. The molecule has 3 rings (SSSR count). The molecule has 1 fully saturated rings. The summed E-state index contributed by atoms with van der Waals surface area (Å²) in [4.78, 5) is 20.5. The Kier molecular flexibility index (Phi) is 5.22. The minimum atomic E-state index is -0.998. The Morgan fingerprint density at radius 1 is 1.46 bits per heavy atom. The minimum Gasteiger partial charge on any atom is -0.478 e. The number of anilines is 1.